The quantitative estimate of drug-likeness (QED) is 0.235. The van der Waals surface area contributed by atoms with Gasteiger partial charge in [0, 0.05) is 10.8 Å². The Hall–Kier alpha value is -2.48. The largest absolute Gasteiger partial charge is 0.495 e. The van der Waals surface area contributed by atoms with E-state index in [9.17, 15) is 0 Å². The first kappa shape index (κ1) is 20.8. The molecule has 0 saturated carbocycles. The van der Waals surface area contributed by atoms with Gasteiger partial charge in [0.15, 0.2) is 11.0 Å². The fourth-order valence-corrected chi connectivity index (χ4v) is 4.53. The van der Waals surface area contributed by atoms with Gasteiger partial charge in [-0.2, -0.15) is 0 Å². The lowest BCUT2D eigenvalue weighted by molar-refractivity contribution is 0.344. The Morgan fingerprint density at radius 1 is 1.10 bits per heavy atom. The highest BCUT2D eigenvalue weighted by Gasteiger charge is 2.19. The smallest absolute Gasteiger partial charge is 0.196 e. The maximum absolute atomic E-state index is 5.92. The lowest BCUT2D eigenvalue weighted by Crippen LogP contribution is -2.05. The zero-order valence-corrected chi connectivity index (χ0v) is 18.9. The van der Waals surface area contributed by atoms with Gasteiger partial charge in [-0.15, -0.1) is 21.5 Å². The van der Waals surface area contributed by atoms with Gasteiger partial charge >= 0.3 is 0 Å². The lowest BCUT2D eigenvalue weighted by atomic mass is 10.2. The third-order valence-corrected chi connectivity index (χ3v) is 6.36. The summed E-state index contributed by atoms with van der Waals surface area (Å²) in [4.78, 5) is 1.05. The summed E-state index contributed by atoms with van der Waals surface area (Å²) in [7, 11) is 1.68. The van der Waals surface area contributed by atoms with Crippen LogP contribution in [0.5, 0.6) is 11.5 Å². The third-order valence-electron chi connectivity index (χ3n) is 4.35. The summed E-state index contributed by atoms with van der Waals surface area (Å²) in [6.07, 6.45) is 0. The number of aryl methyl sites for hydroxylation is 1. The fraction of sp³-hybridized carbons (Fsp3) is 0.182. The van der Waals surface area contributed by atoms with E-state index in [0.29, 0.717) is 11.6 Å². The number of halogens is 1. The minimum atomic E-state index is 0.540. The Bertz CT molecular complexity index is 1110. The van der Waals surface area contributed by atoms with E-state index in [1.807, 2.05) is 53.9 Å². The molecule has 8 heteroatoms. The first-order chi connectivity index (χ1) is 14.7. The van der Waals surface area contributed by atoms with Crippen molar-refractivity contribution in [3.8, 4) is 27.9 Å². The highest BCUT2D eigenvalue weighted by Crippen LogP contribution is 2.34. The molecule has 0 N–H and O–H groups in total. The number of thioether (sulfide) groups is 1. The monoisotopic (exact) mass is 457 g/mol. The maximum atomic E-state index is 5.92. The van der Waals surface area contributed by atoms with Crippen LogP contribution in [-0.4, -0.2) is 34.2 Å². The topological polar surface area (TPSA) is 49.2 Å². The van der Waals surface area contributed by atoms with Crippen LogP contribution in [0.4, 0.5) is 0 Å². The second-order valence-electron chi connectivity index (χ2n) is 6.45. The van der Waals surface area contributed by atoms with Crippen LogP contribution in [0.3, 0.4) is 0 Å². The zero-order valence-electron chi connectivity index (χ0n) is 16.5. The molecule has 0 radical (unpaired) electrons. The van der Waals surface area contributed by atoms with E-state index in [0.717, 1.165) is 44.4 Å². The Balaban J connectivity index is 1.59. The average molecular weight is 458 g/mol. The summed E-state index contributed by atoms with van der Waals surface area (Å²) in [5.74, 6) is 3.09. The van der Waals surface area contributed by atoms with Gasteiger partial charge in [0.25, 0.3) is 0 Å². The molecule has 5 nitrogen and oxygen atoms in total. The number of methoxy groups -OCH3 is 1. The molecular weight excluding hydrogens is 438 g/mol. The van der Waals surface area contributed by atoms with Crippen LogP contribution in [-0.2, 0) is 0 Å². The van der Waals surface area contributed by atoms with Crippen molar-refractivity contribution in [3.63, 3.8) is 0 Å². The molecule has 0 atom stereocenters. The molecule has 0 aliphatic heterocycles. The SMILES string of the molecule is COc1ccc(C)cc1-n1c(SCCOc2ccc(Cl)cc2)nnc1-c1cccs1. The van der Waals surface area contributed by atoms with Crippen LogP contribution < -0.4 is 9.47 Å². The van der Waals surface area contributed by atoms with Gasteiger partial charge in [0.05, 0.1) is 24.3 Å². The van der Waals surface area contributed by atoms with Crippen molar-refractivity contribution >= 4 is 34.7 Å². The molecule has 4 rings (SSSR count). The molecule has 0 aliphatic carbocycles. The fourth-order valence-electron chi connectivity index (χ4n) is 2.94. The second kappa shape index (κ2) is 9.55. The normalized spacial score (nSPS) is 10.9. The number of hydrogen-bond donors (Lipinski definition) is 0. The number of rotatable bonds is 8. The van der Waals surface area contributed by atoms with E-state index in [1.54, 1.807) is 30.2 Å². The predicted molar refractivity (Wildman–Crippen MR) is 124 cm³/mol. The molecule has 2 aromatic carbocycles. The highest BCUT2D eigenvalue weighted by atomic mass is 35.5. The van der Waals surface area contributed by atoms with Gasteiger partial charge in [-0.05, 0) is 60.3 Å². The number of thiophene rings is 1. The molecule has 0 fully saturated rings. The van der Waals surface area contributed by atoms with Crippen LogP contribution in [0.1, 0.15) is 5.56 Å². The number of hydrogen-bond acceptors (Lipinski definition) is 6. The molecule has 2 heterocycles. The van der Waals surface area contributed by atoms with E-state index in [1.165, 1.54) is 0 Å². The molecule has 4 aromatic rings. The van der Waals surface area contributed by atoms with Gasteiger partial charge in [-0.3, -0.25) is 4.57 Å². The van der Waals surface area contributed by atoms with Gasteiger partial charge in [0.1, 0.15) is 11.5 Å². The summed E-state index contributed by atoms with van der Waals surface area (Å²) < 4.78 is 13.5. The predicted octanol–water partition coefficient (Wildman–Crippen LogP) is 6.14. The Labute approximate surface area is 188 Å². The van der Waals surface area contributed by atoms with E-state index in [4.69, 9.17) is 21.1 Å². The summed E-state index contributed by atoms with van der Waals surface area (Å²) in [5, 5.41) is 12.5. The Morgan fingerprint density at radius 3 is 2.67 bits per heavy atom. The number of benzene rings is 2. The van der Waals surface area contributed by atoms with Gasteiger partial charge in [-0.25, -0.2) is 0 Å². The van der Waals surface area contributed by atoms with E-state index < -0.39 is 0 Å². The first-order valence-corrected chi connectivity index (χ1v) is 11.6. The molecular formula is C22H20ClN3O2S2. The molecule has 0 spiro atoms. The van der Waals surface area contributed by atoms with Crippen LogP contribution >= 0.6 is 34.7 Å². The van der Waals surface area contributed by atoms with E-state index in [2.05, 4.69) is 27.8 Å². The summed E-state index contributed by atoms with van der Waals surface area (Å²) in [6.45, 7) is 2.60. The molecule has 154 valence electrons. The minimum absolute atomic E-state index is 0.540. The van der Waals surface area contributed by atoms with E-state index >= 15 is 0 Å². The highest BCUT2D eigenvalue weighted by molar-refractivity contribution is 7.99. The van der Waals surface area contributed by atoms with Crippen LogP contribution in [0.15, 0.2) is 65.1 Å². The molecule has 0 bridgehead atoms. The zero-order chi connectivity index (χ0) is 20.9. The van der Waals surface area contributed by atoms with Gasteiger partial charge in [0.2, 0.25) is 0 Å². The Morgan fingerprint density at radius 2 is 1.93 bits per heavy atom. The van der Waals surface area contributed by atoms with Crippen molar-refractivity contribution in [2.75, 3.05) is 19.5 Å². The summed E-state index contributed by atoms with van der Waals surface area (Å²) in [6, 6.07) is 17.5. The molecule has 0 saturated heterocycles. The number of aromatic nitrogens is 3. The van der Waals surface area contributed by atoms with Crippen molar-refractivity contribution in [2.24, 2.45) is 0 Å². The van der Waals surface area contributed by atoms with E-state index in [-0.39, 0.29) is 0 Å². The van der Waals surface area contributed by atoms with Crippen molar-refractivity contribution < 1.29 is 9.47 Å². The van der Waals surface area contributed by atoms with Crippen LogP contribution in [0.25, 0.3) is 16.4 Å². The van der Waals surface area contributed by atoms with Crippen molar-refractivity contribution in [1.29, 1.82) is 0 Å². The summed E-state index contributed by atoms with van der Waals surface area (Å²) in [5.41, 5.74) is 2.06. The van der Waals surface area contributed by atoms with Crippen LogP contribution in [0.2, 0.25) is 5.02 Å². The molecule has 0 amide bonds. The van der Waals surface area contributed by atoms with Crippen molar-refractivity contribution in [2.45, 2.75) is 12.1 Å². The molecule has 30 heavy (non-hydrogen) atoms. The Kier molecular flexibility index (Phi) is 6.62. The van der Waals surface area contributed by atoms with Crippen molar-refractivity contribution in [1.82, 2.24) is 14.8 Å². The number of nitrogens with zero attached hydrogens (tertiary/aromatic N) is 3. The second-order valence-corrected chi connectivity index (χ2v) is 8.89. The van der Waals surface area contributed by atoms with Crippen molar-refractivity contribution in [3.05, 3.63) is 70.6 Å². The maximum Gasteiger partial charge on any atom is 0.196 e. The van der Waals surface area contributed by atoms with Gasteiger partial charge < -0.3 is 9.47 Å². The standard InChI is InChI=1S/C22H20ClN3O2S2/c1-15-5-10-19(27-2)18(14-15)26-21(20-4-3-12-29-20)24-25-22(26)30-13-11-28-17-8-6-16(23)7-9-17/h3-10,12,14H,11,13H2,1-2H3. The first-order valence-electron chi connectivity index (χ1n) is 9.31. The minimum Gasteiger partial charge on any atom is -0.495 e. The molecule has 0 aliphatic rings. The van der Waals surface area contributed by atoms with Crippen LogP contribution in [0, 0.1) is 6.92 Å². The van der Waals surface area contributed by atoms with Gasteiger partial charge in [-0.1, -0.05) is 35.5 Å². The number of ether oxygens (including phenoxy) is 2. The average Bonchev–Trinajstić information content (AvgIpc) is 3.42. The summed E-state index contributed by atoms with van der Waals surface area (Å²) >= 11 is 9.15. The lowest BCUT2D eigenvalue weighted by Gasteiger charge is -2.14. The molecule has 2 aromatic heterocycles. The third kappa shape index (κ3) is 4.64. The molecule has 0 unspecified atom stereocenters.